The molecule has 0 spiro atoms. The highest BCUT2D eigenvalue weighted by molar-refractivity contribution is 6.30. The zero-order valence-electron chi connectivity index (χ0n) is 14.8. The molecule has 138 valence electrons. The Bertz CT molecular complexity index is 578. The van der Waals surface area contributed by atoms with Crippen LogP contribution in [0.4, 0.5) is 0 Å². The molecule has 0 bridgehead atoms. The van der Waals surface area contributed by atoms with Gasteiger partial charge in [-0.2, -0.15) is 0 Å². The summed E-state index contributed by atoms with van der Waals surface area (Å²) in [5.74, 6) is 1.74. The molecule has 2 aliphatic heterocycles. The maximum Gasteiger partial charge on any atom is 0.193 e. The molecule has 0 aromatic heterocycles. The van der Waals surface area contributed by atoms with Crippen LogP contribution in [-0.2, 0) is 4.74 Å². The Balaban J connectivity index is 1.40. The summed E-state index contributed by atoms with van der Waals surface area (Å²) in [6.45, 7) is 7.12. The topological polar surface area (TPSA) is 49.3 Å². The zero-order valence-corrected chi connectivity index (χ0v) is 15.5. The first kappa shape index (κ1) is 18.3. The molecule has 1 aromatic rings. The lowest BCUT2D eigenvalue weighted by molar-refractivity contribution is 0.0195. The molecule has 3 rings (SSSR count). The molecule has 1 unspecified atom stereocenters. The first-order valence-corrected chi connectivity index (χ1v) is 9.30. The minimum absolute atomic E-state index is 0.570. The monoisotopic (exact) mass is 366 g/mol. The van der Waals surface area contributed by atoms with E-state index in [-0.39, 0.29) is 0 Å². The number of hydrogen-bond donors (Lipinski definition) is 1. The molecular formula is C18H27ClN4O2. The lowest BCUT2D eigenvalue weighted by Gasteiger charge is -2.32. The highest BCUT2D eigenvalue weighted by atomic mass is 35.5. The maximum atomic E-state index is 5.96. The molecule has 0 saturated carbocycles. The van der Waals surface area contributed by atoms with E-state index in [1.165, 1.54) is 6.42 Å². The van der Waals surface area contributed by atoms with Gasteiger partial charge in [0.2, 0.25) is 0 Å². The van der Waals surface area contributed by atoms with Crippen molar-refractivity contribution in [1.29, 1.82) is 0 Å². The zero-order chi connectivity index (χ0) is 17.5. The number of halogens is 1. The molecule has 1 aromatic carbocycles. The van der Waals surface area contributed by atoms with Gasteiger partial charge >= 0.3 is 0 Å². The van der Waals surface area contributed by atoms with Gasteiger partial charge in [-0.3, -0.25) is 9.89 Å². The van der Waals surface area contributed by atoms with Crippen LogP contribution in [-0.4, -0.2) is 81.4 Å². The van der Waals surface area contributed by atoms with E-state index in [2.05, 4.69) is 20.1 Å². The second-order valence-corrected chi connectivity index (χ2v) is 6.75. The van der Waals surface area contributed by atoms with E-state index in [0.717, 1.165) is 51.1 Å². The Hall–Kier alpha value is -1.50. The third kappa shape index (κ3) is 5.23. The summed E-state index contributed by atoms with van der Waals surface area (Å²) in [7, 11) is 1.84. The summed E-state index contributed by atoms with van der Waals surface area (Å²) in [5.41, 5.74) is 0. The molecule has 2 aliphatic rings. The van der Waals surface area contributed by atoms with E-state index in [9.17, 15) is 0 Å². The van der Waals surface area contributed by atoms with Crippen molar-refractivity contribution in [2.45, 2.75) is 12.5 Å². The van der Waals surface area contributed by atoms with Gasteiger partial charge < -0.3 is 19.7 Å². The van der Waals surface area contributed by atoms with Crippen molar-refractivity contribution in [1.82, 2.24) is 15.1 Å². The van der Waals surface area contributed by atoms with Crippen LogP contribution in [0.15, 0.2) is 29.3 Å². The lowest BCUT2D eigenvalue weighted by Crippen LogP contribution is -2.47. The van der Waals surface area contributed by atoms with Gasteiger partial charge in [0.05, 0.1) is 19.8 Å². The van der Waals surface area contributed by atoms with Crippen LogP contribution in [0.25, 0.3) is 0 Å². The molecule has 0 aliphatic carbocycles. The molecule has 1 atom stereocenters. The second-order valence-electron chi connectivity index (χ2n) is 6.32. The fourth-order valence-corrected chi connectivity index (χ4v) is 3.58. The van der Waals surface area contributed by atoms with Gasteiger partial charge in [-0.05, 0) is 24.6 Å². The van der Waals surface area contributed by atoms with Gasteiger partial charge in [0, 0.05) is 44.3 Å². The number of nitrogens with one attached hydrogen (secondary N) is 1. The molecule has 2 heterocycles. The standard InChI is InChI=1S/C18H27ClN4O2/c1-20-18(21-6-10-25-17-4-2-3-15(19)13-17)23-7-5-16(14-23)22-8-11-24-12-9-22/h2-4,13,16H,5-12,14H2,1H3,(H,20,21). The number of likely N-dealkylation sites (tertiary alicyclic amines) is 1. The fourth-order valence-electron chi connectivity index (χ4n) is 3.40. The van der Waals surface area contributed by atoms with E-state index < -0.39 is 0 Å². The molecule has 6 nitrogen and oxygen atoms in total. The molecule has 1 N–H and O–H groups in total. The molecule has 0 radical (unpaired) electrons. The minimum atomic E-state index is 0.570. The van der Waals surface area contributed by atoms with Gasteiger partial charge in [-0.25, -0.2) is 0 Å². The number of nitrogens with zero attached hydrogens (tertiary/aromatic N) is 3. The van der Waals surface area contributed by atoms with E-state index in [1.54, 1.807) is 0 Å². The summed E-state index contributed by atoms with van der Waals surface area (Å²) in [4.78, 5) is 9.29. The third-order valence-electron chi connectivity index (χ3n) is 4.69. The summed E-state index contributed by atoms with van der Waals surface area (Å²) in [6.07, 6.45) is 1.18. The summed E-state index contributed by atoms with van der Waals surface area (Å²) in [5, 5.41) is 4.08. The first-order valence-electron chi connectivity index (χ1n) is 8.92. The Morgan fingerprint density at radius 3 is 2.96 bits per heavy atom. The molecule has 25 heavy (non-hydrogen) atoms. The number of morpholine rings is 1. The summed E-state index contributed by atoms with van der Waals surface area (Å²) >= 11 is 5.96. The van der Waals surface area contributed by atoms with E-state index in [4.69, 9.17) is 21.1 Å². The van der Waals surface area contributed by atoms with Crippen molar-refractivity contribution in [2.75, 3.05) is 59.6 Å². The van der Waals surface area contributed by atoms with E-state index >= 15 is 0 Å². The largest absolute Gasteiger partial charge is 0.492 e. The summed E-state index contributed by atoms with van der Waals surface area (Å²) in [6, 6.07) is 8.06. The number of hydrogen-bond acceptors (Lipinski definition) is 4. The van der Waals surface area contributed by atoms with Crippen LogP contribution in [0.2, 0.25) is 5.02 Å². The summed E-state index contributed by atoms with van der Waals surface area (Å²) < 4.78 is 11.2. The van der Waals surface area contributed by atoms with E-state index in [0.29, 0.717) is 24.2 Å². The minimum Gasteiger partial charge on any atom is -0.492 e. The van der Waals surface area contributed by atoms with Gasteiger partial charge in [0.1, 0.15) is 12.4 Å². The average Bonchev–Trinajstić information content (AvgIpc) is 3.12. The van der Waals surface area contributed by atoms with Gasteiger partial charge in [0.15, 0.2) is 5.96 Å². The molecule has 2 saturated heterocycles. The highest BCUT2D eigenvalue weighted by Crippen LogP contribution is 2.18. The maximum absolute atomic E-state index is 5.96. The van der Waals surface area contributed by atoms with Crippen molar-refractivity contribution in [3.8, 4) is 5.75 Å². The first-order chi connectivity index (χ1) is 12.3. The van der Waals surface area contributed by atoms with Crippen LogP contribution < -0.4 is 10.1 Å². The SMILES string of the molecule is CN=C(NCCOc1cccc(Cl)c1)N1CCC(N2CCOCC2)C1. The third-order valence-corrected chi connectivity index (χ3v) is 4.92. The normalized spacial score (nSPS) is 22.2. The number of aliphatic imine (C=N–C) groups is 1. The quantitative estimate of drug-likeness (QED) is 0.488. The molecule has 2 fully saturated rings. The van der Waals surface area contributed by atoms with Crippen LogP contribution >= 0.6 is 11.6 Å². The number of guanidine groups is 1. The molecule has 0 amide bonds. The van der Waals surface area contributed by atoms with Crippen LogP contribution in [0, 0.1) is 0 Å². The Morgan fingerprint density at radius 2 is 2.20 bits per heavy atom. The van der Waals surface area contributed by atoms with E-state index in [1.807, 2.05) is 31.3 Å². The Morgan fingerprint density at radius 1 is 1.36 bits per heavy atom. The van der Waals surface area contributed by atoms with Gasteiger partial charge in [-0.15, -0.1) is 0 Å². The van der Waals surface area contributed by atoms with Crippen molar-refractivity contribution >= 4 is 17.6 Å². The number of benzene rings is 1. The van der Waals surface area contributed by atoms with Crippen LogP contribution in [0.1, 0.15) is 6.42 Å². The van der Waals surface area contributed by atoms with Crippen LogP contribution in [0.3, 0.4) is 0 Å². The number of rotatable bonds is 5. The fraction of sp³-hybridized carbons (Fsp3) is 0.611. The Kier molecular flexibility index (Phi) is 6.78. The predicted octanol–water partition coefficient (Wildman–Crippen LogP) is 1.70. The van der Waals surface area contributed by atoms with Gasteiger partial charge in [-0.1, -0.05) is 17.7 Å². The molecular weight excluding hydrogens is 340 g/mol. The van der Waals surface area contributed by atoms with Crippen molar-refractivity contribution in [3.05, 3.63) is 29.3 Å². The Labute approximate surface area is 154 Å². The lowest BCUT2D eigenvalue weighted by atomic mass is 10.2. The number of ether oxygens (including phenoxy) is 2. The van der Waals surface area contributed by atoms with Crippen molar-refractivity contribution in [2.24, 2.45) is 4.99 Å². The van der Waals surface area contributed by atoms with Crippen molar-refractivity contribution in [3.63, 3.8) is 0 Å². The predicted molar refractivity (Wildman–Crippen MR) is 101 cm³/mol. The average molecular weight is 367 g/mol. The van der Waals surface area contributed by atoms with Gasteiger partial charge in [0.25, 0.3) is 0 Å². The molecule has 7 heteroatoms. The second kappa shape index (κ2) is 9.27. The van der Waals surface area contributed by atoms with Crippen LogP contribution in [0.5, 0.6) is 5.75 Å². The van der Waals surface area contributed by atoms with Crippen molar-refractivity contribution < 1.29 is 9.47 Å². The smallest absolute Gasteiger partial charge is 0.193 e. The highest BCUT2D eigenvalue weighted by Gasteiger charge is 2.30.